The molecule has 2 heterocycles. The molecule has 0 saturated heterocycles. The molecule has 1 aliphatic rings. The first-order chi connectivity index (χ1) is 13.5. The molecule has 0 unspecified atom stereocenters. The standard InChI is InChI=1S/C19H29N7O2/c1-13(2)24-19(27)14-3-5-15(6-4-14)25-17-9-18(22-10-16(17)20)28-8-7-26-12-21-11-23-26/h9-15H,3-8,20H2,1-2H3,(H,22,25)(H,24,27)/t14-,15+. The van der Waals surface area contributed by atoms with Crippen molar-refractivity contribution < 1.29 is 9.53 Å². The van der Waals surface area contributed by atoms with E-state index in [-0.39, 0.29) is 23.9 Å². The molecule has 2 aromatic rings. The molecule has 28 heavy (non-hydrogen) atoms. The number of nitrogen functional groups attached to an aromatic ring is 1. The van der Waals surface area contributed by atoms with Crippen LogP contribution in [0.25, 0.3) is 0 Å². The molecular formula is C19H29N7O2. The van der Waals surface area contributed by atoms with Crippen LogP contribution in [0.5, 0.6) is 5.88 Å². The van der Waals surface area contributed by atoms with Crippen molar-refractivity contribution in [2.24, 2.45) is 5.92 Å². The van der Waals surface area contributed by atoms with Crippen LogP contribution < -0.4 is 21.1 Å². The fourth-order valence-electron chi connectivity index (χ4n) is 3.36. The van der Waals surface area contributed by atoms with E-state index in [1.807, 2.05) is 19.9 Å². The van der Waals surface area contributed by atoms with Gasteiger partial charge in [-0.05, 0) is 39.5 Å². The Bertz CT molecular complexity index is 756. The number of anilines is 2. The predicted molar refractivity (Wildman–Crippen MR) is 107 cm³/mol. The lowest BCUT2D eigenvalue weighted by Gasteiger charge is -2.30. The molecule has 0 aromatic carbocycles. The van der Waals surface area contributed by atoms with Gasteiger partial charge in [-0.3, -0.25) is 4.79 Å². The zero-order valence-electron chi connectivity index (χ0n) is 16.5. The maximum Gasteiger partial charge on any atom is 0.223 e. The molecule has 9 nitrogen and oxygen atoms in total. The normalized spacial score (nSPS) is 19.4. The van der Waals surface area contributed by atoms with Crippen molar-refractivity contribution in [2.75, 3.05) is 17.7 Å². The Morgan fingerprint density at radius 2 is 2.14 bits per heavy atom. The van der Waals surface area contributed by atoms with E-state index >= 15 is 0 Å². The highest BCUT2D eigenvalue weighted by Crippen LogP contribution is 2.29. The summed E-state index contributed by atoms with van der Waals surface area (Å²) in [6, 6.07) is 2.30. The first kappa shape index (κ1) is 19.9. The number of carbonyl (C=O) groups excluding carboxylic acids is 1. The van der Waals surface area contributed by atoms with Crippen LogP contribution in [0.1, 0.15) is 39.5 Å². The summed E-state index contributed by atoms with van der Waals surface area (Å²) in [6.45, 7) is 5.01. The van der Waals surface area contributed by atoms with Crippen LogP contribution in [0.3, 0.4) is 0 Å². The first-order valence-electron chi connectivity index (χ1n) is 9.79. The number of amides is 1. The van der Waals surface area contributed by atoms with E-state index in [0.717, 1.165) is 31.4 Å². The van der Waals surface area contributed by atoms with Crippen molar-refractivity contribution in [1.29, 1.82) is 0 Å². The molecule has 0 spiro atoms. The first-order valence-corrected chi connectivity index (χ1v) is 9.79. The quantitative estimate of drug-likeness (QED) is 0.632. The number of nitrogens with two attached hydrogens (primary N) is 1. The molecule has 9 heteroatoms. The highest BCUT2D eigenvalue weighted by molar-refractivity contribution is 5.79. The molecule has 1 fully saturated rings. The summed E-state index contributed by atoms with van der Waals surface area (Å²) in [5.74, 6) is 0.785. The number of aromatic nitrogens is 4. The molecular weight excluding hydrogens is 358 g/mol. The second-order valence-electron chi connectivity index (χ2n) is 7.47. The topological polar surface area (TPSA) is 120 Å². The van der Waals surface area contributed by atoms with Gasteiger partial charge in [-0.15, -0.1) is 0 Å². The van der Waals surface area contributed by atoms with Crippen molar-refractivity contribution in [3.05, 3.63) is 24.9 Å². The van der Waals surface area contributed by atoms with E-state index < -0.39 is 0 Å². The van der Waals surface area contributed by atoms with Crippen LogP contribution in [-0.2, 0) is 11.3 Å². The maximum absolute atomic E-state index is 12.2. The van der Waals surface area contributed by atoms with Crippen LogP contribution in [0.15, 0.2) is 24.9 Å². The molecule has 1 amide bonds. The van der Waals surface area contributed by atoms with E-state index in [9.17, 15) is 4.79 Å². The second-order valence-corrected chi connectivity index (χ2v) is 7.47. The van der Waals surface area contributed by atoms with Crippen molar-refractivity contribution in [2.45, 2.75) is 58.2 Å². The number of ether oxygens (including phenoxy) is 1. The zero-order valence-corrected chi connectivity index (χ0v) is 16.5. The van der Waals surface area contributed by atoms with Gasteiger partial charge in [0.15, 0.2) is 0 Å². The molecule has 1 saturated carbocycles. The van der Waals surface area contributed by atoms with Gasteiger partial charge in [0.1, 0.15) is 19.3 Å². The van der Waals surface area contributed by atoms with E-state index in [0.29, 0.717) is 24.7 Å². The third-order valence-electron chi connectivity index (χ3n) is 4.84. The summed E-state index contributed by atoms with van der Waals surface area (Å²) in [6.07, 6.45) is 8.36. The van der Waals surface area contributed by atoms with E-state index in [2.05, 4.69) is 25.7 Å². The molecule has 0 bridgehead atoms. The van der Waals surface area contributed by atoms with Gasteiger partial charge in [-0.1, -0.05) is 0 Å². The molecule has 0 radical (unpaired) electrons. The Kier molecular flexibility index (Phi) is 6.67. The van der Waals surface area contributed by atoms with Crippen LogP contribution in [0, 0.1) is 5.92 Å². The van der Waals surface area contributed by atoms with Crippen molar-refractivity contribution in [3.8, 4) is 5.88 Å². The minimum Gasteiger partial charge on any atom is -0.476 e. The van der Waals surface area contributed by atoms with Gasteiger partial charge in [-0.25, -0.2) is 14.6 Å². The third-order valence-corrected chi connectivity index (χ3v) is 4.84. The molecule has 3 rings (SSSR count). The number of nitrogens with zero attached hydrogens (tertiary/aromatic N) is 4. The predicted octanol–water partition coefficient (Wildman–Crippen LogP) is 1.83. The highest BCUT2D eigenvalue weighted by Gasteiger charge is 2.26. The van der Waals surface area contributed by atoms with Gasteiger partial charge in [0.2, 0.25) is 11.8 Å². The largest absolute Gasteiger partial charge is 0.476 e. The van der Waals surface area contributed by atoms with Crippen molar-refractivity contribution >= 4 is 17.3 Å². The van der Waals surface area contributed by atoms with Gasteiger partial charge >= 0.3 is 0 Å². The molecule has 1 aliphatic carbocycles. The molecule has 0 atom stereocenters. The number of carbonyl (C=O) groups is 1. The number of hydrogen-bond donors (Lipinski definition) is 3. The Balaban J connectivity index is 1.49. The number of hydrogen-bond acceptors (Lipinski definition) is 7. The lowest BCUT2D eigenvalue weighted by atomic mass is 9.85. The van der Waals surface area contributed by atoms with Crippen LogP contribution >= 0.6 is 0 Å². The summed E-state index contributed by atoms with van der Waals surface area (Å²) in [5.41, 5.74) is 7.48. The van der Waals surface area contributed by atoms with E-state index in [1.54, 1.807) is 17.2 Å². The van der Waals surface area contributed by atoms with E-state index in [1.165, 1.54) is 6.33 Å². The summed E-state index contributed by atoms with van der Waals surface area (Å²) in [5, 5.41) is 10.5. The van der Waals surface area contributed by atoms with Crippen molar-refractivity contribution in [1.82, 2.24) is 25.1 Å². The Labute approximate surface area is 165 Å². The Hall–Kier alpha value is -2.84. The SMILES string of the molecule is CC(C)NC(=O)[C@H]1CC[C@@H](Nc2cc(OCCn3cncn3)ncc2N)CC1. The molecule has 0 aliphatic heterocycles. The lowest BCUT2D eigenvalue weighted by molar-refractivity contribution is -0.126. The Morgan fingerprint density at radius 3 is 2.82 bits per heavy atom. The summed E-state index contributed by atoms with van der Waals surface area (Å²) >= 11 is 0. The third kappa shape index (κ3) is 5.58. The average Bonchev–Trinajstić information content (AvgIpc) is 3.18. The van der Waals surface area contributed by atoms with Crippen LogP contribution in [0.2, 0.25) is 0 Å². The summed E-state index contributed by atoms with van der Waals surface area (Å²) in [7, 11) is 0. The van der Waals surface area contributed by atoms with E-state index in [4.69, 9.17) is 10.5 Å². The van der Waals surface area contributed by atoms with Gasteiger partial charge in [0, 0.05) is 24.1 Å². The van der Waals surface area contributed by atoms with Gasteiger partial charge in [0.05, 0.1) is 24.1 Å². The van der Waals surface area contributed by atoms with Gasteiger partial charge < -0.3 is 21.1 Å². The summed E-state index contributed by atoms with van der Waals surface area (Å²) < 4.78 is 7.40. The smallest absolute Gasteiger partial charge is 0.223 e. The minimum absolute atomic E-state index is 0.103. The van der Waals surface area contributed by atoms with Gasteiger partial charge in [0.25, 0.3) is 0 Å². The fourth-order valence-corrected chi connectivity index (χ4v) is 3.36. The van der Waals surface area contributed by atoms with Crippen LogP contribution in [-0.4, -0.2) is 44.3 Å². The molecule has 4 N–H and O–H groups in total. The lowest BCUT2D eigenvalue weighted by Crippen LogP contribution is -2.38. The highest BCUT2D eigenvalue weighted by atomic mass is 16.5. The number of pyridine rings is 1. The summed E-state index contributed by atoms with van der Waals surface area (Å²) in [4.78, 5) is 20.3. The minimum atomic E-state index is 0.103. The average molecular weight is 387 g/mol. The van der Waals surface area contributed by atoms with Crippen molar-refractivity contribution in [3.63, 3.8) is 0 Å². The Morgan fingerprint density at radius 1 is 1.36 bits per heavy atom. The maximum atomic E-state index is 12.2. The monoisotopic (exact) mass is 387 g/mol. The number of rotatable bonds is 8. The molecule has 152 valence electrons. The van der Waals surface area contributed by atoms with Gasteiger partial charge in [-0.2, -0.15) is 5.10 Å². The van der Waals surface area contributed by atoms with Crippen LogP contribution in [0.4, 0.5) is 11.4 Å². The number of nitrogens with one attached hydrogen (secondary N) is 2. The zero-order chi connectivity index (χ0) is 19.9. The fraction of sp³-hybridized carbons (Fsp3) is 0.579. The molecule has 2 aromatic heterocycles. The second kappa shape index (κ2) is 9.38.